The van der Waals surface area contributed by atoms with E-state index in [1.807, 2.05) is 6.07 Å². The zero-order valence-electron chi connectivity index (χ0n) is 8.26. The van der Waals surface area contributed by atoms with E-state index < -0.39 is 0 Å². The molecule has 0 bridgehead atoms. The second-order valence-corrected chi connectivity index (χ2v) is 3.69. The number of hydrogen-bond acceptors (Lipinski definition) is 3. The molecule has 1 N–H and O–H groups in total. The Kier molecular flexibility index (Phi) is 3.24. The minimum Gasteiger partial charge on any atom is -0.242 e. The maximum absolute atomic E-state index is 4.97. The molecule has 0 spiro atoms. The molecule has 1 heterocycles. The monoisotopic (exact) mass is 220 g/mol. The molecule has 0 unspecified atom stereocenters. The summed E-state index contributed by atoms with van der Waals surface area (Å²) >= 11 is 4.97. The van der Waals surface area contributed by atoms with Crippen molar-refractivity contribution in [3.05, 3.63) is 40.7 Å². The average Bonchev–Trinajstić information content (AvgIpc) is 2.66. The number of aryl methyl sites for hydroxylation is 2. The van der Waals surface area contributed by atoms with Crippen molar-refractivity contribution in [1.82, 2.24) is 20.2 Å². The van der Waals surface area contributed by atoms with Gasteiger partial charge in [0.25, 0.3) is 0 Å². The van der Waals surface area contributed by atoms with Gasteiger partial charge in [0.1, 0.15) is 0 Å². The van der Waals surface area contributed by atoms with Crippen LogP contribution in [-0.2, 0) is 13.0 Å². The van der Waals surface area contributed by atoms with Crippen LogP contribution in [0.15, 0.2) is 30.3 Å². The van der Waals surface area contributed by atoms with Crippen LogP contribution in [0.2, 0.25) is 0 Å². The molecule has 2 rings (SSSR count). The van der Waals surface area contributed by atoms with Gasteiger partial charge in [-0.1, -0.05) is 40.6 Å². The summed E-state index contributed by atoms with van der Waals surface area (Å²) in [6, 6.07) is 10.4. The lowest BCUT2D eigenvalue weighted by molar-refractivity contribution is 0.553. The number of aromatic nitrogens is 4. The van der Waals surface area contributed by atoms with E-state index in [9.17, 15) is 0 Å². The van der Waals surface area contributed by atoms with E-state index in [-0.39, 0.29) is 0 Å². The lowest BCUT2D eigenvalue weighted by atomic mass is 10.1. The van der Waals surface area contributed by atoms with Crippen LogP contribution in [0.1, 0.15) is 12.0 Å². The van der Waals surface area contributed by atoms with Crippen molar-refractivity contribution in [3.63, 3.8) is 0 Å². The number of hydrogen-bond donors (Lipinski definition) is 1. The van der Waals surface area contributed by atoms with Gasteiger partial charge in [-0.15, -0.1) is 0 Å². The van der Waals surface area contributed by atoms with Gasteiger partial charge in [-0.25, -0.2) is 4.68 Å². The SMILES string of the molecule is S=c1nn[nH]n1CCCc1ccccc1. The van der Waals surface area contributed by atoms with Crippen LogP contribution in [0, 0.1) is 4.77 Å². The summed E-state index contributed by atoms with van der Waals surface area (Å²) in [5.74, 6) is 0. The van der Waals surface area contributed by atoms with Gasteiger partial charge in [0, 0.05) is 6.54 Å². The van der Waals surface area contributed by atoms with Gasteiger partial charge >= 0.3 is 0 Å². The molecule has 78 valence electrons. The molecule has 0 aliphatic carbocycles. The maximum Gasteiger partial charge on any atom is 0.238 e. The summed E-state index contributed by atoms with van der Waals surface area (Å²) in [7, 11) is 0. The predicted octanol–water partition coefficient (Wildman–Crippen LogP) is 1.97. The molecule has 1 aromatic carbocycles. The van der Waals surface area contributed by atoms with Gasteiger partial charge in [-0.3, -0.25) is 0 Å². The highest BCUT2D eigenvalue weighted by molar-refractivity contribution is 7.71. The van der Waals surface area contributed by atoms with Crippen molar-refractivity contribution >= 4 is 12.2 Å². The van der Waals surface area contributed by atoms with Crippen LogP contribution in [-0.4, -0.2) is 20.2 Å². The van der Waals surface area contributed by atoms with Gasteiger partial charge in [-0.05, 0) is 30.6 Å². The Morgan fingerprint density at radius 3 is 2.73 bits per heavy atom. The molecule has 0 aliphatic rings. The molecule has 0 atom stereocenters. The van der Waals surface area contributed by atoms with Crippen molar-refractivity contribution in [2.24, 2.45) is 0 Å². The van der Waals surface area contributed by atoms with E-state index in [0.29, 0.717) is 4.77 Å². The Morgan fingerprint density at radius 2 is 2.07 bits per heavy atom. The van der Waals surface area contributed by atoms with E-state index in [1.165, 1.54) is 5.56 Å². The zero-order chi connectivity index (χ0) is 10.5. The average molecular weight is 220 g/mol. The number of tetrazole rings is 1. The summed E-state index contributed by atoms with van der Waals surface area (Å²) in [5.41, 5.74) is 1.34. The molecule has 0 radical (unpaired) electrons. The first-order valence-electron chi connectivity index (χ1n) is 4.88. The molecule has 0 aliphatic heterocycles. The van der Waals surface area contributed by atoms with Gasteiger partial charge in [-0.2, -0.15) is 5.21 Å². The number of benzene rings is 1. The van der Waals surface area contributed by atoms with Crippen molar-refractivity contribution in [2.45, 2.75) is 19.4 Å². The second kappa shape index (κ2) is 4.84. The normalized spacial score (nSPS) is 10.4. The van der Waals surface area contributed by atoms with Crippen LogP contribution in [0.3, 0.4) is 0 Å². The van der Waals surface area contributed by atoms with Gasteiger partial charge in [0.2, 0.25) is 4.77 Å². The molecule has 0 saturated heterocycles. The van der Waals surface area contributed by atoms with E-state index in [1.54, 1.807) is 4.68 Å². The predicted molar refractivity (Wildman–Crippen MR) is 60.0 cm³/mol. The first-order chi connectivity index (χ1) is 7.36. The minimum atomic E-state index is 0.517. The third kappa shape index (κ3) is 2.73. The Morgan fingerprint density at radius 1 is 1.27 bits per heavy atom. The molecule has 5 heteroatoms. The molecular formula is C10H12N4S. The summed E-state index contributed by atoms with van der Waals surface area (Å²) in [4.78, 5) is 0. The summed E-state index contributed by atoms with van der Waals surface area (Å²) in [5, 5.41) is 10.1. The zero-order valence-corrected chi connectivity index (χ0v) is 9.07. The standard InChI is InChI=1S/C10H12N4S/c15-10-11-12-13-14(10)8-4-7-9-5-2-1-3-6-9/h1-3,5-6H,4,7-8H2,(H,11,13,15). The summed E-state index contributed by atoms with van der Waals surface area (Å²) in [6.07, 6.45) is 2.07. The molecular weight excluding hydrogens is 208 g/mol. The first-order valence-corrected chi connectivity index (χ1v) is 5.29. The van der Waals surface area contributed by atoms with Crippen molar-refractivity contribution < 1.29 is 0 Å². The van der Waals surface area contributed by atoms with E-state index >= 15 is 0 Å². The Hall–Kier alpha value is -1.49. The molecule has 0 amide bonds. The largest absolute Gasteiger partial charge is 0.242 e. The van der Waals surface area contributed by atoms with Crippen LogP contribution in [0.5, 0.6) is 0 Å². The number of nitrogens with zero attached hydrogens (tertiary/aromatic N) is 3. The molecule has 2 aromatic rings. The lowest BCUT2D eigenvalue weighted by Gasteiger charge is -2.01. The topological polar surface area (TPSA) is 46.5 Å². The van der Waals surface area contributed by atoms with Gasteiger partial charge in [0.05, 0.1) is 0 Å². The van der Waals surface area contributed by atoms with Crippen molar-refractivity contribution in [2.75, 3.05) is 0 Å². The summed E-state index contributed by atoms with van der Waals surface area (Å²) in [6.45, 7) is 0.834. The Labute approximate surface area is 92.9 Å². The maximum atomic E-state index is 4.97. The molecule has 4 nitrogen and oxygen atoms in total. The Balaban J connectivity index is 1.86. The number of rotatable bonds is 4. The lowest BCUT2D eigenvalue weighted by Crippen LogP contribution is -2.01. The fourth-order valence-corrected chi connectivity index (χ4v) is 1.62. The fraction of sp³-hybridized carbons (Fsp3) is 0.300. The highest BCUT2D eigenvalue weighted by Crippen LogP contribution is 2.03. The number of H-pyrrole nitrogens is 1. The van der Waals surface area contributed by atoms with Crippen LogP contribution in [0.25, 0.3) is 0 Å². The number of nitrogens with one attached hydrogen (secondary N) is 1. The quantitative estimate of drug-likeness (QED) is 0.801. The Bertz CT molecular complexity index is 460. The van der Waals surface area contributed by atoms with E-state index in [2.05, 4.69) is 39.8 Å². The van der Waals surface area contributed by atoms with E-state index in [0.717, 1.165) is 19.4 Å². The minimum absolute atomic E-state index is 0.517. The molecule has 1 aromatic heterocycles. The third-order valence-corrected chi connectivity index (χ3v) is 2.52. The highest BCUT2D eigenvalue weighted by atomic mass is 32.1. The molecule has 0 fully saturated rings. The van der Waals surface area contributed by atoms with Crippen LogP contribution >= 0.6 is 12.2 Å². The summed E-state index contributed by atoms with van der Waals surface area (Å²) < 4.78 is 2.29. The molecule has 0 saturated carbocycles. The second-order valence-electron chi connectivity index (χ2n) is 3.32. The van der Waals surface area contributed by atoms with E-state index in [4.69, 9.17) is 12.2 Å². The van der Waals surface area contributed by atoms with Crippen molar-refractivity contribution in [1.29, 1.82) is 0 Å². The van der Waals surface area contributed by atoms with Gasteiger partial charge in [0.15, 0.2) is 0 Å². The van der Waals surface area contributed by atoms with Gasteiger partial charge < -0.3 is 0 Å². The fourth-order valence-electron chi connectivity index (χ4n) is 1.45. The first kappa shape index (κ1) is 10.0. The molecule has 15 heavy (non-hydrogen) atoms. The van der Waals surface area contributed by atoms with Crippen molar-refractivity contribution in [3.8, 4) is 0 Å². The highest BCUT2D eigenvalue weighted by Gasteiger charge is 1.96. The van der Waals surface area contributed by atoms with Crippen LogP contribution < -0.4 is 0 Å². The third-order valence-electron chi connectivity index (χ3n) is 2.22. The van der Waals surface area contributed by atoms with Crippen LogP contribution in [0.4, 0.5) is 0 Å². The smallest absolute Gasteiger partial charge is 0.238 e. The number of aromatic amines is 1.